The van der Waals surface area contributed by atoms with E-state index in [-0.39, 0.29) is 6.10 Å². The monoisotopic (exact) mass is 134 g/mol. The van der Waals surface area contributed by atoms with Gasteiger partial charge in [-0.15, -0.1) is 0 Å². The summed E-state index contributed by atoms with van der Waals surface area (Å²) in [5.41, 5.74) is 0. The molecule has 0 amide bonds. The summed E-state index contributed by atoms with van der Waals surface area (Å²) in [6.45, 7) is 5.36. The molecule has 0 aliphatic rings. The molecule has 0 aromatic rings. The Kier molecular flexibility index (Phi) is 4.68. The van der Waals surface area contributed by atoms with Crippen LogP contribution in [-0.2, 0) is 4.74 Å². The standard InChI is InChI=1S/C7H15FO/c1-4-5-6(2)9-7(3)8/h6-7H,4-5H2,1-3H3. The molecule has 1 nitrogen and oxygen atoms in total. The van der Waals surface area contributed by atoms with E-state index in [2.05, 4.69) is 6.92 Å². The third-order valence-electron chi connectivity index (χ3n) is 1.12. The Balaban J connectivity index is 3.15. The van der Waals surface area contributed by atoms with Gasteiger partial charge in [0.1, 0.15) is 0 Å². The molecule has 0 aromatic carbocycles. The summed E-state index contributed by atoms with van der Waals surface area (Å²) in [7, 11) is 0. The third-order valence-corrected chi connectivity index (χ3v) is 1.12. The van der Waals surface area contributed by atoms with Crippen molar-refractivity contribution >= 4 is 0 Å². The third kappa shape index (κ3) is 5.77. The van der Waals surface area contributed by atoms with Crippen LogP contribution >= 0.6 is 0 Å². The molecule has 2 heteroatoms. The van der Waals surface area contributed by atoms with E-state index in [0.717, 1.165) is 12.8 Å². The van der Waals surface area contributed by atoms with Gasteiger partial charge in [-0.25, -0.2) is 4.39 Å². The fourth-order valence-electron chi connectivity index (χ4n) is 0.795. The molecular formula is C7H15FO. The lowest BCUT2D eigenvalue weighted by molar-refractivity contribution is -0.0688. The van der Waals surface area contributed by atoms with Gasteiger partial charge in [-0.1, -0.05) is 13.3 Å². The number of halogens is 1. The summed E-state index contributed by atoms with van der Waals surface area (Å²) in [6, 6.07) is 0. The summed E-state index contributed by atoms with van der Waals surface area (Å²) in [6.07, 6.45) is 0.934. The highest BCUT2D eigenvalue weighted by Gasteiger charge is 2.03. The Labute approximate surface area is 56.2 Å². The molecule has 0 rings (SSSR count). The first-order valence-electron chi connectivity index (χ1n) is 3.46. The number of alkyl halides is 1. The van der Waals surface area contributed by atoms with Gasteiger partial charge in [0.15, 0.2) is 6.36 Å². The van der Waals surface area contributed by atoms with Crippen molar-refractivity contribution in [3.8, 4) is 0 Å². The summed E-state index contributed by atoms with van der Waals surface area (Å²) in [4.78, 5) is 0. The zero-order valence-electron chi connectivity index (χ0n) is 6.36. The van der Waals surface area contributed by atoms with E-state index in [1.807, 2.05) is 6.92 Å². The first-order chi connectivity index (χ1) is 4.16. The second-order valence-corrected chi connectivity index (χ2v) is 2.28. The number of ether oxygens (including phenoxy) is 1. The van der Waals surface area contributed by atoms with Gasteiger partial charge >= 0.3 is 0 Å². The number of hydrogen-bond acceptors (Lipinski definition) is 1. The maximum absolute atomic E-state index is 12.1. The molecule has 0 spiro atoms. The van der Waals surface area contributed by atoms with Crippen molar-refractivity contribution in [1.82, 2.24) is 0 Å². The Bertz CT molecular complexity index is 63.9. The maximum Gasteiger partial charge on any atom is 0.196 e. The average molecular weight is 134 g/mol. The maximum atomic E-state index is 12.1. The van der Waals surface area contributed by atoms with Gasteiger partial charge in [0.05, 0.1) is 6.10 Å². The molecular weight excluding hydrogens is 119 g/mol. The predicted octanol–water partition coefficient (Wildman–Crippen LogP) is 2.51. The van der Waals surface area contributed by atoms with Crippen molar-refractivity contribution < 1.29 is 9.13 Å². The van der Waals surface area contributed by atoms with Gasteiger partial charge in [0.25, 0.3) is 0 Å². The van der Waals surface area contributed by atoms with Gasteiger partial charge in [-0.3, -0.25) is 0 Å². The Morgan fingerprint density at radius 2 is 2.00 bits per heavy atom. The zero-order chi connectivity index (χ0) is 7.28. The Hall–Kier alpha value is -0.110. The van der Waals surface area contributed by atoms with Crippen molar-refractivity contribution in [1.29, 1.82) is 0 Å². The van der Waals surface area contributed by atoms with Gasteiger partial charge in [-0.05, 0) is 20.3 Å². The van der Waals surface area contributed by atoms with Crippen molar-refractivity contribution in [2.45, 2.75) is 46.1 Å². The molecule has 56 valence electrons. The molecule has 0 radical (unpaired) electrons. The fourth-order valence-corrected chi connectivity index (χ4v) is 0.795. The van der Waals surface area contributed by atoms with Crippen LogP contribution in [0.2, 0.25) is 0 Å². The fraction of sp³-hybridized carbons (Fsp3) is 1.00. The van der Waals surface area contributed by atoms with Crippen LogP contribution in [0.1, 0.15) is 33.6 Å². The van der Waals surface area contributed by atoms with Gasteiger partial charge < -0.3 is 4.74 Å². The van der Waals surface area contributed by atoms with Crippen LogP contribution in [0.25, 0.3) is 0 Å². The molecule has 0 aliphatic carbocycles. The molecule has 9 heavy (non-hydrogen) atoms. The molecule has 0 heterocycles. The van der Waals surface area contributed by atoms with Crippen molar-refractivity contribution in [3.63, 3.8) is 0 Å². The zero-order valence-corrected chi connectivity index (χ0v) is 6.36. The summed E-state index contributed by atoms with van der Waals surface area (Å²) < 4.78 is 16.9. The summed E-state index contributed by atoms with van der Waals surface area (Å²) >= 11 is 0. The van der Waals surface area contributed by atoms with E-state index >= 15 is 0 Å². The smallest absolute Gasteiger partial charge is 0.196 e. The Morgan fingerprint density at radius 3 is 2.33 bits per heavy atom. The van der Waals surface area contributed by atoms with E-state index in [1.54, 1.807) is 0 Å². The van der Waals surface area contributed by atoms with E-state index in [0.29, 0.717) is 0 Å². The van der Waals surface area contributed by atoms with Crippen molar-refractivity contribution in [3.05, 3.63) is 0 Å². The van der Waals surface area contributed by atoms with Crippen LogP contribution in [0.15, 0.2) is 0 Å². The van der Waals surface area contributed by atoms with Crippen LogP contribution in [0.5, 0.6) is 0 Å². The highest BCUT2D eigenvalue weighted by Crippen LogP contribution is 2.04. The molecule has 0 saturated carbocycles. The number of hydrogen-bond donors (Lipinski definition) is 0. The van der Waals surface area contributed by atoms with Gasteiger partial charge in [0, 0.05) is 0 Å². The van der Waals surface area contributed by atoms with Crippen molar-refractivity contribution in [2.75, 3.05) is 0 Å². The molecule has 2 unspecified atom stereocenters. The van der Waals surface area contributed by atoms with E-state index < -0.39 is 6.36 Å². The lowest BCUT2D eigenvalue weighted by Crippen LogP contribution is -2.12. The Morgan fingerprint density at radius 1 is 1.44 bits per heavy atom. The quantitative estimate of drug-likeness (QED) is 0.574. The van der Waals surface area contributed by atoms with Crippen LogP contribution in [-0.4, -0.2) is 12.5 Å². The van der Waals surface area contributed by atoms with Crippen LogP contribution in [0.3, 0.4) is 0 Å². The van der Waals surface area contributed by atoms with Crippen LogP contribution in [0, 0.1) is 0 Å². The molecule has 0 aromatic heterocycles. The minimum Gasteiger partial charge on any atom is -0.345 e. The largest absolute Gasteiger partial charge is 0.345 e. The predicted molar refractivity (Wildman–Crippen MR) is 36.0 cm³/mol. The first kappa shape index (κ1) is 8.89. The second kappa shape index (κ2) is 4.74. The average Bonchev–Trinajstić information content (AvgIpc) is 1.63. The number of rotatable bonds is 4. The minimum atomic E-state index is -1.12. The van der Waals surface area contributed by atoms with Gasteiger partial charge in [0.2, 0.25) is 0 Å². The van der Waals surface area contributed by atoms with Crippen LogP contribution in [0.4, 0.5) is 4.39 Å². The highest BCUT2D eigenvalue weighted by molar-refractivity contribution is 4.47. The topological polar surface area (TPSA) is 9.23 Å². The second-order valence-electron chi connectivity index (χ2n) is 2.28. The highest BCUT2D eigenvalue weighted by atomic mass is 19.1. The van der Waals surface area contributed by atoms with E-state index in [4.69, 9.17) is 4.74 Å². The summed E-state index contributed by atoms with van der Waals surface area (Å²) in [5, 5.41) is 0. The lowest BCUT2D eigenvalue weighted by atomic mass is 10.2. The lowest BCUT2D eigenvalue weighted by Gasteiger charge is -2.11. The molecule has 0 aliphatic heterocycles. The molecule has 0 saturated heterocycles. The molecule has 0 N–H and O–H groups in total. The van der Waals surface area contributed by atoms with Crippen LogP contribution < -0.4 is 0 Å². The molecule has 0 fully saturated rings. The molecule has 2 atom stereocenters. The van der Waals surface area contributed by atoms with E-state index in [9.17, 15) is 4.39 Å². The first-order valence-corrected chi connectivity index (χ1v) is 3.46. The van der Waals surface area contributed by atoms with Crippen molar-refractivity contribution in [2.24, 2.45) is 0 Å². The molecule has 0 bridgehead atoms. The minimum absolute atomic E-state index is 0.0648. The van der Waals surface area contributed by atoms with Gasteiger partial charge in [-0.2, -0.15) is 0 Å². The summed E-state index contributed by atoms with van der Waals surface area (Å²) in [5.74, 6) is 0. The normalized spacial score (nSPS) is 17.3. The SMILES string of the molecule is CCCC(C)OC(C)F. The van der Waals surface area contributed by atoms with E-state index in [1.165, 1.54) is 6.92 Å².